The van der Waals surface area contributed by atoms with Gasteiger partial charge in [-0.25, -0.2) is 4.39 Å². The summed E-state index contributed by atoms with van der Waals surface area (Å²) >= 11 is 0. The van der Waals surface area contributed by atoms with Crippen molar-refractivity contribution in [3.8, 4) is 0 Å². The van der Waals surface area contributed by atoms with E-state index in [2.05, 4.69) is 0 Å². The van der Waals surface area contributed by atoms with Crippen LogP contribution >= 0.6 is 0 Å². The molecule has 5 heteroatoms. The molecule has 0 aromatic carbocycles. The fourth-order valence-electron chi connectivity index (χ4n) is 1.01. The molecule has 0 radical (unpaired) electrons. The first-order valence-electron chi connectivity index (χ1n) is 3.39. The first kappa shape index (κ1) is 8.86. The molecule has 1 unspecified atom stereocenters. The van der Waals surface area contributed by atoms with Gasteiger partial charge in [-0.05, 0) is 0 Å². The number of ether oxygens (including phenoxy) is 1. The Morgan fingerprint density at radius 1 is 1.45 bits per heavy atom. The Morgan fingerprint density at radius 2 is 2.09 bits per heavy atom. The predicted molar refractivity (Wildman–Crippen MR) is 33.7 cm³/mol. The minimum Gasteiger partial charge on any atom is -0.394 e. The summed E-state index contributed by atoms with van der Waals surface area (Å²) in [5.74, 6) is 0. The smallest absolute Gasteiger partial charge is 0.156 e. The minimum atomic E-state index is -1.72. The van der Waals surface area contributed by atoms with E-state index >= 15 is 0 Å². The van der Waals surface area contributed by atoms with Crippen LogP contribution < -0.4 is 0 Å². The Bertz CT molecular complexity index is 130. The van der Waals surface area contributed by atoms with E-state index in [4.69, 9.17) is 20.1 Å². The largest absolute Gasteiger partial charge is 0.394 e. The first-order chi connectivity index (χ1) is 5.16. The Labute approximate surface area is 63.2 Å². The maximum atomic E-state index is 12.7. The second-order valence-corrected chi connectivity index (χ2v) is 2.56. The van der Waals surface area contributed by atoms with E-state index in [1.165, 1.54) is 0 Å². The predicted octanol–water partition coefficient (Wildman–Crippen LogP) is -1.56. The summed E-state index contributed by atoms with van der Waals surface area (Å²) in [4.78, 5) is 0. The van der Waals surface area contributed by atoms with E-state index < -0.39 is 31.1 Å². The summed E-state index contributed by atoms with van der Waals surface area (Å²) in [6.45, 7) is -0.613. The SMILES string of the molecule is OCC1OC[C@@H](O)[C@@H](F)[C@@H]1O. The highest BCUT2D eigenvalue weighted by Crippen LogP contribution is 2.17. The van der Waals surface area contributed by atoms with Gasteiger partial charge in [-0.2, -0.15) is 0 Å². The summed E-state index contributed by atoms with van der Waals surface area (Å²) in [7, 11) is 0. The zero-order chi connectivity index (χ0) is 8.43. The molecule has 1 fully saturated rings. The van der Waals surface area contributed by atoms with Gasteiger partial charge in [0, 0.05) is 0 Å². The second-order valence-electron chi connectivity index (χ2n) is 2.56. The Kier molecular flexibility index (Phi) is 2.78. The molecule has 1 aliphatic rings. The number of hydrogen-bond donors (Lipinski definition) is 3. The van der Waals surface area contributed by atoms with Gasteiger partial charge in [-0.15, -0.1) is 0 Å². The molecule has 4 atom stereocenters. The van der Waals surface area contributed by atoms with Crippen molar-refractivity contribution in [2.24, 2.45) is 0 Å². The average Bonchev–Trinajstić information content (AvgIpc) is 2.01. The zero-order valence-corrected chi connectivity index (χ0v) is 5.85. The van der Waals surface area contributed by atoms with Crippen molar-refractivity contribution < 1.29 is 24.4 Å². The molecule has 0 aromatic heterocycles. The maximum absolute atomic E-state index is 12.7. The quantitative estimate of drug-likeness (QED) is 0.440. The monoisotopic (exact) mass is 166 g/mol. The highest BCUT2D eigenvalue weighted by molar-refractivity contribution is 4.86. The van der Waals surface area contributed by atoms with Crippen molar-refractivity contribution in [3.05, 3.63) is 0 Å². The van der Waals surface area contributed by atoms with E-state index in [-0.39, 0.29) is 6.61 Å². The minimum absolute atomic E-state index is 0.177. The van der Waals surface area contributed by atoms with Crippen molar-refractivity contribution in [2.75, 3.05) is 13.2 Å². The normalized spacial score (nSPS) is 45.8. The Hall–Kier alpha value is -0.230. The molecule has 0 saturated carbocycles. The molecule has 0 amide bonds. The van der Waals surface area contributed by atoms with E-state index in [1.807, 2.05) is 0 Å². The number of aliphatic hydroxyl groups excluding tert-OH is 3. The van der Waals surface area contributed by atoms with Gasteiger partial charge in [-0.3, -0.25) is 0 Å². The molecular formula is C6H11FO4. The average molecular weight is 166 g/mol. The summed E-state index contributed by atoms with van der Waals surface area (Å²) in [5.41, 5.74) is 0. The van der Waals surface area contributed by atoms with Gasteiger partial charge in [0.25, 0.3) is 0 Å². The van der Waals surface area contributed by atoms with Crippen LogP contribution in [0.4, 0.5) is 4.39 Å². The maximum Gasteiger partial charge on any atom is 0.156 e. The van der Waals surface area contributed by atoms with Gasteiger partial charge in [0.2, 0.25) is 0 Å². The lowest BCUT2D eigenvalue weighted by molar-refractivity contribution is -0.174. The zero-order valence-electron chi connectivity index (χ0n) is 5.85. The van der Waals surface area contributed by atoms with Gasteiger partial charge in [0.15, 0.2) is 6.17 Å². The molecule has 0 spiro atoms. The molecule has 1 aliphatic heterocycles. The van der Waals surface area contributed by atoms with E-state index in [9.17, 15) is 4.39 Å². The van der Waals surface area contributed by atoms with E-state index in [0.29, 0.717) is 0 Å². The highest BCUT2D eigenvalue weighted by Gasteiger charge is 2.38. The van der Waals surface area contributed by atoms with Crippen molar-refractivity contribution in [1.82, 2.24) is 0 Å². The molecular weight excluding hydrogens is 155 g/mol. The van der Waals surface area contributed by atoms with Gasteiger partial charge in [0.1, 0.15) is 18.3 Å². The van der Waals surface area contributed by atoms with Crippen molar-refractivity contribution in [3.63, 3.8) is 0 Å². The van der Waals surface area contributed by atoms with Crippen LogP contribution in [0, 0.1) is 0 Å². The molecule has 4 nitrogen and oxygen atoms in total. The number of aliphatic hydroxyl groups is 3. The molecule has 0 aliphatic carbocycles. The number of hydrogen-bond acceptors (Lipinski definition) is 4. The topological polar surface area (TPSA) is 69.9 Å². The molecule has 1 saturated heterocycles. The van der Waals surface area contributed by atoms with Gasteiger partial charge >= 0.3 is 0 Å². The number of halogens is 1. The molecule has 1 rings (SSSR count). The van der Waals surface area contributed by atoms with E-state index in [1.54, 1.807) is 0 Å². The Balaban J connectivity index is 2.52. The van der Waals surface area contributed by atoms with Crippen LogP contribution in [0.25, 0.3) is 0 Å². The first-order valence-corrected chi connectivity index (χ1v) is 3.39. The summed E-state index contributed by atoms with van der Waals surface area (Å²) in [6, 6.07) is 0. The standard InChI is InChI=1S/C6H11FO4/c7-5-3(9)2-11-4(1-8)6(5)10/h3-6,8-10H,1-2H2/t3-,4?,5-,6-/m1/s1. The van der Waals surface area contributed by atoms with Crippen molar-refractivity contribution in [2.45, 2.75) is 24.5 Å². The second kappa shape index (κ2) is 3.44. The van der Waals surface area contributed by atoms with Gasteiger partial charge in [0.05, 0.1) is 13.2 Å². The lowest BCUT2D eigenvalue weighted by Gasteiger charge is -2.32. The number of alkyl halides is 1. The van der Waals surface area contributed by atoms with Crippen molar-refractivity contribution in [1.29, 1.82) is 0 Å². The molecule has 0 aromatic rings. The van der Waals surface area contributed by atoms with Crippen LogP contribution in [0.5, 0.6) is 0 Å². The highest BCUT2D eigenvalue weighted by atomic mass is 19.1. The molecule has 0 bridgehead atoms. The lowest BCUT2D eigenvalue weighted by Crippen LogP contribution is -2.52. The lowest BCUT2D eigenvalue weighted by atomic mass is 10.0. The van der Waals surface area contributed by atoms with Crippen LogP contribution in [0.3, 0.4) is 0 Å². The summed E-state index contributed by atoms with van der Waals surface area (Å²) < 4.78 is 17.4. The van der Waals surface area contributed by atoms with Crippen LogP contribution in [0.15, 0.2) is 0 Å². The fraction of sp³-hybridized carbons (Fsp3) is 1.00. The van der Waals surface area contributed by atoms with Crippen molar-refractivity contribution >= 4 is 0 Å². The van der Waals surface area contributed by atoms with Crippen LogP contribution in [-0.4, -0.2) is 53.0 Å². The van der Waals surface area contributed by atoms with Crippen LogP contribution in [0.2, 0.25) is 0 Å². The molecule has 3 N–H and O–H groups in total. The third-order valence-corrected chi connectivity index (χ3v) is 1.74. The fourth-order valence-corrected chi connectivity index (χ4v) is 1.01. The molecule has 66 valence electrons. The van der Waals surface area contributed by atoms with Gasteiger partial charge in [-0.1, -0.05) is 0 Å². The number of rotatable bonds is 1. The Morgan fingerprint density at radius 3 is 2.64 bits per heavy atom. The van der Waals surface area contributed by atoms with E-state index in [0.717, 1.165) is 0 Å². The summed E-state index contributed by atoms with van der Waals surface area (Å²) in [5, 5.41) is 26.3. The van der Waals surface area contributed by atoms with Crippen LogP contribution in [-0.2, 0) is 4.74 Å². The molecule has 11 heavy (non-hydrogen) atoms. The third kappa shape index (κ3) is 1.67. The van der Waals surface area contributed by atoms with Crippen LogP contribution in [0.1, 0.15) is 0 Å². The summed E-state index contributed by atoms with van der Waals surface area (Å²) in [6.07, 6.45) is -5.34. The third-order valence-electron chi connectivity index (χ3n) is 1.74. The van der Waals surface area contributed by atoms with Gasteiger partial charge < -0.3 is 20.1 Å². The molecule has 1 heterocycles.